The molecule has 0 aromatic carbocycles. The molecule has 4 heterocycles. The number of amides is 2. The van der Waals surface area contributed by atoms with Crippen molar-refractivity contribution >= 4 is 39.5 Å². The molecule has 4 rings (SSSR count). The van der Waals surface area contributed by atoms with E-state index in [1.165, 1.54) is 0 Å². The number of aryl methyl sites for hydroxylation is 1. The van der Waals surface area contributed by atoms with Gasteiger partial charge in [-0.1, -0.05) is 0 Å². The van der Waals surface area contributed by atoms with Crippen molar-refractivity contribution in [2.75, 3.05) is 10.6 Å². The second-order valence-corrected chi connectivity index (χ2v) is 5.42. The molecule has 2 amide bonds. The molecule has 0 unspecified atom stereocenters. The van der Waals surface area contributed by atoms with Crippen molar-refractivity contribution < 1.29 is 4.79 Å². The fourth-order valence-corrected chi connectivity index (χ4v) is 2.58. The van der Waals surface area contributed by atoms with E-state index in [4.69, 9.17) is 0 Å². The third-order valence-electron chi connectivity index (χ3n) is 3.61. The van der Waals surface area contributed by atoms with Gasteiger partial charge in [0.15, 0.2) is 0 Å². The second-order valence-electron chi connectivity index (χ2n) is 5.42. The van der Waals surface area contributed by atoms with Gasteiger partial charge < -0.3 is 15.6 Å². The first-order chi connectivity index (χ1) is 11.7. The highest BCUT2D eigenvalue weighted by Crippen LogP contribution is 2.20. The van der Waals surface area contributed by atoms with E-state index in [9.17, 15) is 4.79 Å². The number of pyridine rings is 3. The van der Waals surface area contributed by atoms with E-state index in [0.29, 0.717) is 16.9 Å². The predicted molar refractivity (Wildman–Crippen MR) is 93.0 cm³/mol. The highest BCUT2D eigenvalue weighted by Gasteiger charge is 2.08. The summed E-state index contributed by atoms with van der Waals surface area (Å²) in [4.78, 5) is 28.3. The van der Waals surface area contributed by atoms with Gasteiger partial charge >= 0.3 is 6.03 Å². The Morgan fingerprint density at radius 1 is 1.04 bits per heavy atom. The fraction of sp³-hybridized carbons (Fsp3) is 0.0588. The van der Waals surface area contributed by atoms with Crippen LogP contribution in [0.4, 0.5) is 16.2 Å². The van der Waals surface area contributed by atoms with Crippen LogP contribution < -0.4 is 10.6 Å². The molecule has 0 aliphatic carbocycles. The number of hydrogen-bond donors (Lipinski definition) is 3. The van der Waals surface area contributed by atoms with Gasteiger partial charge in [0.2, 0.25) is 0 Å². The lowest BCUT2D eigenvalue weighted by atomic mass is 10.3. The minimum absolute atomic E-state index is 0.363. The lowest BCUT2D eigenvalue weighted by molar-refractivity contribution is 0.262. The third kappa shape index (κ3) is 2.63. The summed E-state index contributed by atoms with van der Waals surface area (Å²) in [5, 5.41) is 5.57. The Kier molecular flexibility index (Phi) is 3.31. The number of urea groups is 1. The van der Waals surface area contributed by atoms with E-state index in [1.807, 2.05) is 25.1 Å². The van der Waals surface area contributed by atoms with Crippen LogP contribution in [0.1, 0.15) is 5.69 Å². The van der Waals surface area contributed by atoms with Crippen molar-refractivity contribution in [2.24, 2.45) is 0 Å². The lowest BCUT2D eigenvalue weighted by Gasteiger charge is -2.09. The molecule has 7 heteroatoms. The van der Waals surface area contributed by atoms with Crippen LogP contribution in [-0.4, -0.2) is 26.0 Å². The Balaban J connectivity index is 1.56. The number of aromatic nitrogens is 4. The summed E-state index contributed by atoms with van der Waals surface area (Å²) < 4.78 is 0. The average Bonchev–Trinajstić information content (AvgIpc) is 2.94. The van der Waals surface area contributed by atoms with Crippen LogP contribution in [-0.2, 0) is 0 Å². The molecule has 0 aliphatic rings. The minimum atomic E-state index is -0.363. The standard InChI is InChI=1S/C17H14N6O/c1-10-7-14-15(21-10)8-11(9-20-14)22-17(24)23-13-4-6-18-12-3-2-5-19-16(12)13/h2-9,21H,1H3,(H2,18,22,23,24). The second kappa shape index (κ2) is 5.62. The van der Waals surface area contributed by atoms with Crippen LogP contribution in [0.5, 0.6) is 0 Å². The van der Waals surface area contributed by atoms with Gasteiger partial charge in [0.1, 0.15) is 5.52 Å². The number of nitrogens with zero attached hydrogens (tertiary/aromatic N) is 3. The molecule has 7 nitrogen and oxygen atoms in total. The molecular formula is C17H14N6O. The van der Waals surface area contributed by atoms with Crippen molar-refractivity contribution in [3.8, 4) is 0 Å². The molecule has 24 heavy (non-hydrogen) atoms. The summed E-state index contributed by atoms with van der Waals surface area (Å²) in [7, 11) is 0. The maximum absolute atomic E-state index is 12.3. The smallest absolute Gasteiger partial charge is 0.323 e. The monoisotopic (exact) mass is 318 g/mol. The van der Waals surface area contributed by atoms with E-state index in [2.05, 4.69) is 30.6 Å². The molecular weight excluding hydrogens is 304 g/mol. The van der Waals surface area contributed by atoms with Gasteiger partial charge in [0.05, 0.1) is 34.1 Å². The molecule has 0 bridgehead atoms. The van der Waals surface area contributed by atoms with Crippen LogP contribution in [0.3, 0.4) is 0 Å². The third-order valence-corrected chi connectivity index (χ3v) is 3.61. The SMILES string of the molecule is Cc1cc2ncc(NC(=O)Nc3ccnc4cccnc34)cc2[nH]1. The Morgan fingerprint density at radius 3 is 2.88 bits per heavy atom. The van der Waals surface area contributed by atoms with Crippen molar-refractivity contribution in [3.05, 3.63) is 54.6 Å². The molecule has 0 spiro atoms. The maximum Gasteiger partial charge on any atom is 0.323 e. The zero-order valence-corrected chi connectivity index (χ0v) is 12.9. The van der Waals surface area contributed by atoms with Crippen molar-refractivity contribution in [3.63, 3.8) is 0 Å². The Hall–Kier alpha value is -3.48. The summed E-state index contributed by atoms with van der Waals surface area (Å²) in [6, 6.07) is 8.80. The number of anilines is 2. The van der Waals surface area contributed by atoms with Gasteiger partial charge in [0.25, 0.3) is 0 Å². The van der Waals surface area contributed by atoms with E-state index in [-0.39, 0.29) is 6.03 Å². The molecule has 0 aliphatic heterocycles. The van der Waals surface area contributed by atoms with Gasteiger partial charge in [-0.25, -0.2) is 4.79 Å². The quantitative estimate of drug-likeness (QED) is 0.527. The Morgan fingerprint density at radius 2 is 1.96 bits per heavy atom. The zero-order valence-electron chi connectivity index (χ0n) is 12.9. The van der Waals surface area contributed by atoms with E-state index in [0.717, 1.165) is 22.2 Å². The minimum Gasteiger partial charge on any atom is -0.357 e. The van der Waals surface area contributed by atoms with Crippen molar-refractivity contribution in [2.45, 2.75) is 6.92 Å². The summed E-state index contributed by atoms with van der Waals surface area (Å²) >= 11 is 0. The van der Waals surface area contributed by atoms with Crippen LogP contribution in [0.15, 0.2) is 48.9 Å². The van der Waals surface area contributed by atoms with Crippen LogP contribution in [0.2, 0.25) is 0 Å². The summed E-state index contributed by atoms with van der Waals surface area (Å²) in [5.41, 5.74) is 5.33. The Labute approximate surface area is 137 Å². The first kappa shape index (κ1) is 14.1. The number of carbonyl (C=O) groups excluding carboxylic acids is 1. The largest absolute Gasteiger partial charge is 0.357 e. The molecule has 0 saturated carbocycles. The first-order valence-corrected chi connectivity index (χ1v) is 7.42. The number of aromatic amines is 1. The number of fused-ring (bicyclic) bond motifs is 2. The molecule has 0 atom stereocenters. The van der Waals surface area contributed by atoms with Crippen LogP contribution in [0.25, 0.3) is 22.1 Å². The molecule has 3 N–H and O–H groups in total. The zero-order chi connectivity index (χ0) is 16.5. The molecule has 0 radical (unpaired) electrons. The normalized spacial score (nSPS) is 10.9. The molecule has 118 valence electrons. The van der Waals surface area contributed by atoms with Crippen molar-refractivity contribution in [1.29, 1.82) is 0 Å². The van der Waals surface area contributed by atoms with Crippen LogP contribution in [0, 0.1) is 6.92 Å². The average molecular weight is 318 g/mol. The predicted octanol–water partition coefficient (Wildman–Crippen LogP) is 3.46. The van der Waals surface area contributed by atoms with Gasteiger partial charge in [-0.3, -0.25) is 15.0 Å². The highest BCUT2D eigenvalue weighted by atomic mass is 16.2. The van der Waals surface area contributed by atoms with Gasteiger partial charge in [-0.15, -0.1) is 0 Å². The van der Waals surface area contributed by atoms with Gasteiger partial charge in [-0.2, -0.15) is 0 Å². The number of H-pyrrole nitrogens is 1. The Bertz CT molecular complexity index is 1050. The van der Waals surface area contributed by atoms with Gasteiger partial charge in [-0.05, 0) is 37.3 Å². The maximum atomic E-state index is 12.3. The molecule has 4 aromatic rings. The number of carbonyl (C=O) groups is 1. The molecule has 4 aromatic heterocycles. The van der Waals surface area contributed by atoms with Crippen LogP contribution >= 0.6 is 0 Å². The number of rotatable bonds is 2. The van der Waals surface area contributed by atoms with E-state index in [1.54, 1.807) is 30.7 Å². The molecule has 0 fully saturated rings. The first-order valence-electron chi connectivity index (χ1n) is 7.42. The number of nitrogens with one attached hydrogen (secondary N) is 3. The summed E-state index contributed by atoms with van der Waals surface area (Å²) in [6.07, 6.45) is 4.92. The lowest BCUT2D eigenvalue weighted by Crippen LogP contribution is -2.19. The number of hydrogen-bond acceptors (Lipinski definition) is 4. The highest BCUT2D eigenvalue weighted by molar-refractivity contribution is 6.04. The summed E-state index contributed by atoms with van der Waals surface area (Å²) in [5.74, 6) is 0. The van der Waals surface area contributed by atoms with E-state index < -0.39 is 0 Å². The topological polar surface area (TPSA) is 95.6 Å². The molecule has 0 saturated heterocycles. The van der Waals surface area contributed by atoms with E-state index >= 15 is 0 Å². The van der Waals surface area contributed by atoms with Crippen molar-refractivity contribution in [1.82, 2.24) is 19.9 Å². The van der Waals surface area contributed by atoms with Gasteiger partial charge in [0, 0.05) is 18.1 Å². The fourth-order valence-electron chi connectivity index (χ4n) is 2.58. The summed E-state index contributed by atoms with van der Waals surface area (Å²) in [6.45, 7) is 1.96.